The first-order valence-corrected chi connectivity index (χ1v) is 12.6. The Morgan fingerprint density at radius 2 is 1.94 bits per heavy atom. The van der Waals surface area contributed by atoms with E-state index in [4.69, 9.17) is 29.2 Å². The number of fused-ring (bicyclic) bond motifs is 1. The summed E-state index contributed by atoms with van der Waals surface area (Å²) in [6, 6.07) is 7.76. The van der Waals surface area contributed by atoms with Crippen molar-refractivity contribution >= 4 is 23.2 Å². The quantitative estimate of drug-likeness (QED) is 0.560. The van der Waals surface area contributed by atoms with Crippen LogP contribution >= 0.6 is 0 Å². The van der Waals surface area contributed by atoms with E-state index in [2.05, 4.69) is 10.2 Å². The van der Waals surface area contributed by atoms with Crippen LogP contribution in [-0.4, -0.2) is 64.1 Å². The lowest BCUT2D eigenvalue weighted by Gasteiger charge is -2.24. The SMILES string of the molecule is COc1ccc(-c2nc(N3CCC(NC(=O)OC(C)(C)C)C3)nc3c2ncn3C2CCCCO2)cc1. The van der Waals surface area contributed by atoms with Crippen molar-refractivity contribution in [3.63, 3.8) is 0 Å². The van der Waals surface area contributed by atoms with E-state index in [9.17, 15) is 4.79 Å². The third-order valence-corrected chi connectivity index (χ3v) is 6.43. The van der Waals surface area contributed by atoms with Gasteiger partial charge in [0.05, 0.1) is 19.5 Å². The van der Waals surface area contributed by atoms with Crippen molar-refractivity contribution in [3.05, 3.63) is 30.6 Å². The van der Waals surface area contributed by atoms with E-state index in [0.717, 1.165) is 67.0 Å². The molecule has 0 bridgehead atoms. The molecule has 1 amide bonds. The van der Waals surface area contributed by atoms with Crippen molar-refractivity contribution < 1.29 is 19.0 Å². The Morgan fingerprint density at radius 1 is 1.14 bits per heavy atom. The van der Waals surface area contributed by atoms with Crippen molar-refractivity contribution in [2.75, 3.05) is 31.7 Å². The second-order valence-electron chi connectivity index (χ2n) is 10.3. The molecule has 5 rings (SSSR count). The maximum atomic E-state index is 12.3. The van der Waals surface area contributed by atoms with Crippen LogP contribution in [0.2, 0.25) is 0 Å². The first-order chi connectivity index (χ1) is 17.3. The molecule has 2 aromatic heterocycles. The summed E-state index contributed by atoms with van der Waals surface area (Å²) < 4.78 is 18.8. The van der Waals surface area contributed by atoms with Gasteiger partial charge in [-0.2, -0.15) is 4.98 Å². The molecule has 0 radical (unpaired) electrons. The van der Waals surface area contributed by atoms with Gasteiger partial charge in [-0.05, 0) is 70.7 Å². The van der Waals surface area contributed by atoms with Gasteiger partial charge in [0.25, 0.3) is 0 Å². The Kier molecular flexibility index (Phi) is 6.70. The summed E-state index contributed by atoms with van der Waals surface area (Å²) in [6.07, 6.45) is 5.20. The molecule has 192 valence electrons. The van der Waals surface area contributed by atoms with Gasteiger partial charge >= 0.3 is 6.09 Å². The van der Waals surface area contributed by atoms with Crippen molar-refractivity contribution in [2.45, 2.75) is 64.3 Å². The molecule has 10 nitrogen and oxygen atoms in total. The summed E-state index contributed by atoms with van der Waals surface area (Å²) in [5, 5.41) is 2.98. The van der Waals surface area contributed by atoms with Gasteiger partial charge in [-0.1, -0.05) is 0 Å². The molecule has 2 saturated heterocycles. The predicted octanol–water partition coefficient (Wildman–Crippen LogP) is 4.30. The molecule has 3 aromatic rings. The van der Waals surface area contributed by atoms with Gasteiger partial charge < -0.3 is 24.4 Å². The van der Waals surface area contributed by atoms with Crippen molar-refractivity contribution in [2.24, 2.45) is 0 Å². The monoisotopic (exact) mass is 494 g/mol. The molecule has 0 saturated carbocycles. The van der Waals surface area contributed by atoms with Gasteiger partial charge in [0.1, 0.15) is 28.8 Å². The second-order valence-corrected chi connectivity index (χ2v) is 10.3. The molecule has 1 aromatic carbocycles. The van der Waals surface area contributed by atoms with E-state index in [-0.39, 0.29) is 12.3 Å². The normalized spacial score (nSPS) is 20.5. The average Bonchev–Trinajstić information content (AvgIpc) is 3.50. The van der Waals surface area contributed by atoms with E-state index < -0.39 is 11.7 Å². The number of carbonyl (C=O) groups excluding carboxylic acids is 1. The van der Waals surface area contributed by atoms with E-state index in [0.29, 0.717) is 12.5 Å². The fourth-order valence-electron chi connectivity index (χ4n) is 4.68. The van der Waals surface area contributed by atoms with Crippen LogP contribution in [0.15, 0.2) is 30.6 Å². The highest BCUT2D eigenvalue weighted by Gasteiger charge is 2.29. The minimum atomic E-state index is -0.538. The fourth-order valence-corrected chi connectivity index (χ4v) is 4.68. The molecule has 2 atom stereocenters. The van der Waals surface area contributed by atoms with E-state index in [1.807, 2.05) is 55.9 Å². The summed E-state index contributed by atoms with van der Waals surface area (Å²) in [5.41, 5.74) is 2.64. The van der Waals surface area contributed by atoms with Crippen molar-refractivity contribution in [1.82, 2.24) is 24.8 Å². The van der Waals surface area contributed by atoms with Crippen LogP contribution in [0.1, 0.15) is 52.7 Å². The summed E-state index contributed by atoms with van der Waals surface area (Å²) in [6.45, 7) is 7.63. The Bertz CT molecular complexity index is 1210. The number of anilines is 1. The number of methoxy groups -OCH3 is 1. The smallest absolute Gasteiger partial charge is 0.407 e. The zero-order valence-electron chi connectivity index (χ0n) is 21.4. The molecule has 4 heterocycles. The maximum absolute atomic E-state index is 12.3. The molecule has 2 aliphatic heterocycles. The Labute approximate surface area is 211 Å². The largest absolute Gasteiger partial charge is 0.497 e. The Balaban J connectivity index is 1.47. The van der Waals surface area contributed by atoms with Crippen molar-refractivity contribution in [3.8, 4) is 17.0 Å². The number of ether oxygens (including phenoxy) is 3. The number of amides is 1. The van der Waals surface area contributed by atoms with Gasteiger partial charge in [-0.3, -0.25) is 4.57 Å². The molecule has 2 aliphatic rings. The van der Waals surface area contributed by atoms with Crippen LogP contribution in [0, 0.1) is 0 Å². The number of aromatic nitrogens is 4. The zero-order valence-corrected chi connectivity index (χ0v) is 21.4. The number of imidazole rings is 1. The van der Waals surface area contributed by atoms with Crippen LogP contribution in [0.25, 0.3) is 22.4 Å². The number of carbonyl (C=O) groups is 1. The van der Waals surface area contributed by atoms with Gasteiger partial charge in [-0.25, -0.2) is 14.8 Å². The van der Waals surface area contributed by atoms with E-state index in [1.54, 1.807) is 7.11 Å². The van der Waals surface area contributed by atoms with Crippen LogP contribution in [0.3, 0.4) is 0 Å². The molecule has 10 heteroatoms. The van der Waals surface area contributed by atoms with Crippen LogP contribution in [0.4, 0.5) is 10.7 Å². The molecular weight excluding hydrogens is 460 g/mol. The fraction of sp³-hybridized carbons (Fsp3) is 0.538. The van der Waals surface area contributed by atoms with Crippen molar-refractivity contribution in [1.29, 1.82) is 0 Å². The standard InChI is InChI=1S/C26H34N6O4/c1-26(2,3)36-25(33)28-18-12-13-31(15-18)24-29-21(17-8-10-19(34-4)11-9-17)22-23(30-24)32(16-27-22)20-7-5-6-14-35-20/h8-11,16,18,20H,5-7,12-15H2,1-4H3,(H,28,33). The topological polar surface area (TPSA) is 104 Å². The Hall–Kier alpha value is -3.40. The summed E-state index contributed by atoms with van der Waals surface area (Å²) in [7, 11) is 1.65. The lowest BCUT2D eigenvalue weighted by Crippen LogP contribution is -2.40. The highest BCUT2D eigenvalue weighted by molar-refractivity contribution is 5.88. The van der Waals surface area contributed by atoms with E-state index >= 15 is 0 Å². The molecule has 2 unspecified atom stereocenters. The second kappa shape index (κ2) is 9.93. The van der Waals surface area contributed by atoms with Gasteiger partial charge in [0, 0.05) is 25.3 Å². The van der Waals surface area contributed by atoms with Gasteiger partial charge in [0.15, 0.2) is 5.65 Å². The molecule has 0 spiro atoms. The van der Waals surface area contributed by atoms with Crippen LogP contribution in [-0.2, 0) is 9.47 Å². The first-order valence-electron chi connectivity index (χ1n) is 12.6. The predicted molar refractivity (Wildman–Crippen MR) is 136 cm³/mol. The number of nitrogens with one attached hydrogen (secondary N) is 1. The number of hydrogen-bond donors (Lipinski definition) is 1. The lowest BCUT2D eigenvalue weighted by molar-refractivity contribution is -0.0298. The number of alkyl carbamates (subject to hydrolysis) is 1. The highest BCUT2D eigenvalue weighted by Crippen LogP contribution is 2.33. The zero-order chi connectivity index (χ0) is 25.3. The number of hydrogen-bond acceptors (Lipinski definition) is 8. The Morgan fingerprint density at radius 3 is 2.64 bits per heavy atom. The number of nitrogens with zero attached hydrogens (tertiary/aromatic N) is 5. The third-order valence-electron chi connectivity index (χ3n) is 6.43. The highest BCUT2D eigenvalue weighted by atomic mass is 16.6. The third kappa shape index (κ3) is 5.23. The minimum Gasteiger partial charge on any atom is -0.497 e. The molecule has 36 heavy (non-hydrogen) atoms. The van der Waals surface area contributed by atoms with Gasteiger partial charge in [0.2, 0.25) is 5.95 Å². The molecule has 0 aliphatic carbocycles. The lowest BCUT2D eigenvalue weighted by atomic mass is 10.1. The van der Waals surface area contributed by atoms with Gasteiger partial charge in [-0.15, -0.1) is 0 Å². The maximum Gasteiger partial charge on any atom is 0.407 e. The molecule has 2 fully saturated rings. The van der Waals surface area contributed by atoms with Crippen LogP contribution in [0.5, 0.6) is 5.75 Å². The summed E-state index contributed by atoms with van der Waals surface area (Å²) >= 11 is 0. The average molecular weight is 495 g/mol. The number of benzene rings is 1. The summed E-state index contributed by atoms with van der Waals surface area (Å²) in [4.78, 5) is 29.0. The summed E-state index contributed by atoms with van der Waals surface area (Å²) in [5.74, 6) is 1.39. The molecule has 1 N–H and O–H groups in total. The number of rotatable bonds is 5. The van der Waals surface area contributed by atoms with Crippen LogP contribution < -0.4 is 15.0 Å². The minimum absolute atomic E-state index is 0.0461. The molecular formula is C26H34N6O4. The van der Waals surface area contributed by atoms with E-state index in [1.165, 1.54) is 0 Å². The first kappa shape index (κ1) is 24.3.